The summed E-state index contributed by atoms with van der Waals surface area (Å²) in [5.41, 5.74) is 0.445. The highest BCUT2D eigenvalue weighted by Gasteiger charge is 2.31. The van der Waals surface area contributed by atoms with Crippen LogP contribution in [0.5, 0.6) is 11.5 Å². The van der Waals surface area contributed by atoms with Crippen LogP contribution in [0.1, 0.15) is 26.2 Å². The molecule has 1 aromatic heterocycles. The van der Waals surface area contributed by atoms with Gasteiger partial charge in [-0.3, -0.25) is 4.79 Å². The zero-order valence-electron chi connectivity index (χ0n) is 16.0. The first-order valence-corrected chi connectivity index (χ1v) is 10.6. The number of rotatable bonds is 6. The average molecular weight is 409 g/mol. The Morgan fingerprint density at radius 1 is 1.18 bits per heavy atom. The van der Waals surface area contributed by atoms with E-state index < -0.39 is 26.7 Å². The quantitative estimate of drug-likeness (QED) is 0.711. The highest BCUT2D eigenvalue weighted by atomic mass is 32.2. The van der Waals surface area contributed by atoms with Crippen molar-refractivity contribution in [3.05, 3.63) is 18.2 Å². The molecule has 3 rings (SSSR count). The fourth-order valence-electron chi connectivity index (χ4n) is 3.16. The molecule has 1 aliphatic heterocycles. The summed E-state index contributed by atoms with van der Waals surface area (Å²) in [7, 11) is -1.05. The van der Waals surface area contributed by atoms with Crippen LogP contribution in [0, 0.1) is 0 Å². The smallest absolute Gasteiger partial charge is 0.336 e. The van der Waals surface area contributed by atoms with Gasteiger partial charge in [0.2, 0.25) is 21.6 Å². The van der Waals surface area contributed by atoms with E-state index in [2.05, 4.69) is 10.2 Å². The van der Waals surface area contributed by atoms with Crippen LogP contribution in [-0.4, -0.2) is 62.0 Å². The highest BCUT2D eigenvalue weighted by molar-refractivity contribution is 7.91. The van der Waals surface area contributed by atoms with Crippen LogP contribution in [0.3, 0.4) is 0 Å². The van der Waals surface area contributed by atoms with E-state index >= 15 is 0 Å². The number of carbonyl (C=O) groups is 1. The van der Waals surface area contributed by atoms with E-state index in [9.17, 15) is 13.2 Å². The number of carbonyl (C=O) groups excluding carboxylic acids is 1. The van der Waals surface area contributed by atoms with Gasteiger partial charge in [-0.2, -0.15) is 0 Å². The summed E-state index contributed by atoms with van der Waals surface area (Å²) in [6, 6.07) is 4.93. The largest absolute Gasteiger partial charge is 0.497 e. The zero-order chi connectivity index (χ0) is 20.3. The van der Waals surface area contributed by atoms with Crippen molar-refractivity contribution in [2.24, 2.45) is 0 Å². The number of benzene rings is 1. The normalized spacial score (nSPS) is 17.4. The van der Waals surface area contributed by atoms with Crippen LogP contribution in [0.4, 0.5) is 0 Å². The predicted octanol–water partition coefficient (Wildman–Crippen LogP) is 1.93. The molecule has 2 heterocycles. The van der Waals surface area contributed by atoms with Crippen LogP contribution >= 0.6 is 0 Å². The van der Waals surface area contributed by atoms with Crippen molar-refractivity contribution in [2.45, 2.75) is 37.5 Å². The van der Waals surface area contributed by atoms with Crippen molar-refractivity contribution in [3.63, 3.8) is 0 Å². The van der Waals surface area contributed by atoms with Gasteiger partial charge in [0.05, 0.1) is 14.2 Å². The minimum absolute atomic E-state index is 0.00503. The van der Waals surface area contributed by atoms with E-state index in [-0.39, 0.29) is 11.9 Å². The van der Waals surface area contributed by atoms with Gasteiger partial charge in [0, 0.05) is 24.2 Å². The Kier molecular flexibility index (Phi) is 5.87. The number of aromatic nitrogens is 2. The summed E-state index contributed by atoms with van der Waals surface area (Å²) in [5.74, 6) is -0.164. The minimum Gasteiger partial charge on any atom is -0.497 e. The van der Waals surface area contributed by atoms with Crippen LogP contribution < -0.4 is 9.47 Å². The first kappa shape index (κ1) is 20.1. The lowest BCUT2D eigenvalue weighted by molar-refractivity contribution is -0.131. The number of ether oxygens (including phenoxy) is 2. The molecule has 152 valence electrons. The lowest BCUT2D eigenvalue weighted by Gasteiger charge is -2.33. The summed E-state index contributed by atoms with van der Waals surface area (Å²) < 4.78 is 40.9. The van der Waals surface area contributed by atoms with Gasteiger partial charge in [-0.1, -0.05) is 5.10 Å². The maximum Gasteiger partial charge on any atom is 0.336 e. The molecule has 0 radical (unpaired) electrons. The maximum atomic E-state index is 12.6. The zero-order valence-corrected chi connectivity index (χ0v) is 16.9. The van der Waals surface area contributed by atoms with E-state index in [1.165, 1.54) is 14.2 Å². The fourth-order valence-corrected chi connectivity index (χ4v) is 4.14. The van der Waals surface area contributed by atoms with Crippen molar-refractivity contribution in [1.82, 2.24) is 15.1 Å². The first-order valence-electron chi connectivity index (χ1n) is 8.93. The number of hydrogen-bond acceptors (Lipinski definition) is 8. The molecule has 2 aromatic rings. The van der Waals surface area contributed by atoms with Crippen LogP contribution in [0.15, 0.2) is 27.8 Å². The molecule has 1 atom stereocenters. The molecule has 1 saturated heterocycles. The Morgan fingerprint density at radius 2 is 1.86 bits per heavy atom. The number of piperidine rings is 1. The lowest BCUT2D eigenvalue weighted by atomic mass is 10.0. The third-order valence-corrected chi connectivity index (χ3v) is 6.03. The summed E-state index contributed by atoms with van der Waals surface area (Å²) >= 11 is 0. The summed E-state index contributed by atoms with van der Waals surface area (Å²) in [6.45, 7) is 2.48. The Balaban J connectivity index is 1.81. The van der Waals surface area contributed by atoms with Gasteiger partial charge in [-0.15, -0.1) is 5.10 Å². The molecule has 28 heavy (non-hydrogen) atoms. The first-order chi connectivity index (χ1) is 13.3. The van der Waals surface area contributed by atoms with E-state index in [1.807, 2.05) is 6.92 Å². The molecular formula is C18H23N3O6S. The van der Waals surface area contributed by atoms with Crippen molar-refractivity contribution in [3.8, 4) is 23.0 Å². The number of nitrogens with zero attached hydrogens (tertiary/aromatic N) is 3. The van der Waals surface area contributed by atoms with Crippen LogP contribution in [0.25, 0.3) is 11.5 Å². The monoisotopic (exact) mass is 409 g/mol. The van der Waals surface area contributed by atoms with Crippen molar-refractivity contribution in [2.75, 3.05) is 26.5 Å². The van der Waals surface area contributed by atoms with Gasteiger partial charge in [0.15, 0.2) is 0 Å². The Bertz CT molecular complexity index is 934. The number of sulfone groups is 1. The number of hydrogen-bond donors (Lipinski definition) is 0. The highest BCUT2D eigenvalue weighted by Crippen LogP contribution is 2.29. The lowest BCUT2D eigenvalue weighted by Crippen LogP contribution is -2.44. The molecule has 9 nitrogen and oxygen atoms in total. The molecule has 1 amide bonds. The fraction of sp³-hybridized carbons (Fsp3) is 0.500. The number of methoxy groups -OCH3 is 2. The van der Waals surface area contributed by atoms with E-state index in [1.54, 1.807) is 23.1 Å². The van der Waals surface area contributed by atoms with Gasteiger partial charge in [0.1, 0.15) is 17.3 Å². The van der Waals surface area contributed by atoms with Gasteiger partial charge in [-0.25, -0.2) is 8.42 Å². The standard InChI is InChI=1S/C18H23N3O6S/c1-12-6-4-5-7-21(12)16(22)11-28(23,24)18-20-19-17(27-18)13-8-14(25-2)10-15(9-13)26-3/h8-10,12H,4-7,11H2,1-3H3. The van der Waals surface area contributed by atoms with Gasteiger partial charge in [0.25, 0.3) is 0 Å². The SMILES string of the molecule is COc1cc(OC)cc(-c2nnc(S(=O)(=O)CC(=O)N3CCCCC3C)o2)c1. The molecule has 1 aromatic carbocycles. The molecule has 10 heteroatoms. The van der Waals surface area contributed by atoms with E-state index in [0.717, 1.165) is 19.3 Å². The second kappa shape index (κ2) is 8.17. The van der Waals surface area contributed by atoms with Crippen molar-refractivity contribution >= 4 is 15.7 Å². The molecule has 1 fully saturated rings. The van der Waals surface area contributed by atoms with E-state index in [4.69, 9.17) is 13.9 Å². The topological polar surface area (TPSA) is 112 Å². The third-order valence-electron chi connectivity index (χ3n) is 4.71. The van der Waals surface area contributed by atoms with Crippen LogP contribution in [-0.2, 0) is 14.6 Å². The minimum atomic E-state index is -4.04. The van der Waals surface area contributed by atoms with Gasteiger partial charge >= 0.3 is 5.22 Å². The van der Waals surface area contributed by atoms with Crippen LogP contribution in [0.2, 0.25) is 0 Å². The Hall–Kier alpha value is -2.62. The van der Waals surface area contributed by atoms with Gasteiger partial charge in [-0.05, 0) is 38.3 Å². The molecule has 1 aliphatic rings. The molecule has 0 aliphatic carbocycles. The molecular weight excluding hydrogens is 386 g/mol. The molecule has 0 spiro atoms. The summed E-state index contributed by atoms with van der Waals surface area (Å²) in [5, 5.41) is 6.86. The summed E-state index contributed by atoms with van der Waals surface area (Å²) in [4.78, 5) is 14.1. The van der Waals surface area contributed by atoms with Gasteiger partial charge < -0.3 is 18.8 Å². The van der Waals surface area contributed by atoms with E-state index in [0.29, 0.717) is 23.6 Å². The molecule has 1 unspecified atom stereocenters. The second-order valence-electron chi connectivity index (χ2n) is 6.67. The molecule has 0 saturated carbocycles. The Morgan fingerprint density at radius 3 is 2.46 bits per heavy atom. The predicted molar refractivity (Wildman–Crippen MR) is 99.9 cm³/mol. The van der Waals surface area contributed by atoms with Crippen molar-refractivity contribution in [1.29, 1.82) is 0 Å². The molecule has 0 N–H and O–H groups in total. The number of amides is 1. The molecule has 0 bridgehead atoms. The second-order valence-corrected chi connectivity index (χ2v) is 8.53. The average Bonchev–Trinajstić information content (AvgIpc) is 3.19. The Labute approximate surface area is 163 Å². The third kappa shape index (κ3) is 4.27. The maximum absolute atomic E-state index is 12.6. The summed E-state index contributed by atoms with van der Waals surface area (Å²) in [6.07, 6.45) is 2.78. The van der Waals surface area contributed by atoms with Crippen molar-refractivity contribution < 1.29 is 27.1 Å². The number of likely N-dealkylation sites (tertiary alicyclic amines) is 1.